The normalized spacial score (nSPS) is 23.5. The molecule has 0 bridgehead atoms. The number of unbranched alkanes of at least 4 members (excludes halogenated alkanes) is 9. The number of amides is 5. The number of ether oxygens (including phenoxy) is 12. The monoisotopic (exact) mass is 1660 g/mol. The maximum absolute atomic E-state index is 13.9. The Balaban J connectivity index is 1.46. The predicted molar refractivity (Wildman–Crippen MR) is 433 cm³/mol. The molecular weight excluding hydrogens is 1520 g/mol. The first-order valence-electron chi connectivity index (χ1n) is 42.2. The number of ketones is 2. The Bertz CT molecular complexity index is 3050. The fourth-order valence-corrected chi connectivity index (χ4v) is 15.8. The standard InChI is InChI=1S/C84H140N7O24P/c1-54(2)91(55(3)4)116(112-45-31-37-85)111-44-29-18-17-22-33-70(99)48-68-49-71(102-46-38-86-76(100)35-24-20-27-41-106-83-79(89-63(12)93)60(9)57(6)74(114-83)52-109-66(15)96)81(104-43-30-34-69(98)32-23-19-26-40-105-82-78(88-62(11)92)59(8)56(5)73(113-82)51-108-65(14)95)72(50-68)103-47-39-87-77(101)36-25-21-28-42-107-84-80(90-64(13)94)61(10)58(7)75(115-84)53-110-67(16)97/h49-50,54-61,73-75,78-80,82-84H,17-36,38-48,51-53H2,1-16H3,(H,86,100)(H,87,101)(H,88,92)(H,89,93)(H,90,94). The molecule has 3 aliphatic heterocycles. The molecule has 4 rings (SSSR count). The van der Waals surface area contributed by atoms with Crippen LogP contribution in [0.1, 0.15) is 245 Å². The minimum Gasteiger partial charge on any atom is -0.488 e. The molecule has 0 saturated carbocycles. The molecule has 1 aromatic carbocycles. The Morgan fingerprint density at radius 3 is 1.16 bits per heavy atom. The quantitative estimate of drug-likeness (QED) is 0.0175. The minimum atomic E-state index is -1.37. The van der Waals surface area contributed by atoms with E-state index < -0.39 is 81.7 Å². The fraction of sp³-hybridized carbons (Fsp3) is 0.798. The van der Waals surface area contributed by atoms with E-state index in [1.165, 1.54) is 41.5 Å². The molecule has 31 nitrogen and oxygen atoms in total. The zero-order valence-electron chi connectivity index (χ0n) is 72.2. The first-order chi connectivity index (χ1) is 55.3. The van der Waals surface area contributed by atoms with E-state index in [2.05, 4.69) is 65.0 Å². The van der Waals surface area contributed by atoms with Crippen molar-refractivity contribution in [3.63, 3.8) is 0 Å². The molecule has 0 aliphatic carbocycles. The summed E-state index contributed by atoms with van der Waals surface area (Å²) in [6, 6.07) is 4.67. The number of rotatable bonds is 59. The van der Waals surface area contributed by atoms with Crippen LogP contribution < -0.4 is 40.8 Å². The Kier molecular flexibility index (Phi) is 49.7. The maximum Gasteiger partial charge on any atom is 0.302 e. The topological polar surface area (TPSA) is 387 Å². The van der Waals surface area contributed by atoms with Crippen molar-refractivity contribution in [1.29, 1.82) is 5.26 Å². The Morgan fingerprint density at radius 2 is 0.784 bits per heavy atom. The van der Waals surface area contributed by atoms with Crippen LogP contribution in [0, 0.1) is 46.8 Å². The van der Waals surface area contributed by atoms with Crippen LogP contribution in [-0.2, 0) is 106 Å². The van der Waals surface area contributed by atoms with Crippen molar-refractivity contribution >= 4 is 67.5 Å². The Morgan fingerprint density at radius 1 is 0.431 bits per heavy atom. The van der Waals surface area contributed by atoms with Crippen LogP contribution in [0.4, 0.5) is 0 Å². The van der Waals surface area contributed by atoms with E-state index in [1.54, 1.807) is 12.1 Å². The summed E-state index contributed by atoms with van der Waals surface area (Å²) in [6.07, 6.45) is 6.86. The van der Waals surface area contributed by atoms with Crippen molar-refractivity contribution in [2.45, 2.75) is 313 Å². The van der Waals surface area contributed by atoms with Crippen molar-refractivity contribution in [3.8, 4) is 23.3 Å². The lowest BCUT2D eigenvalue weighted by Crippen LogP contribution is -2.58. The highest BCUT2D eigenvalue weighted by Crippen LogP contribution is 2.46. The van der Waals surface area contributed by atoms with Gasteiger partial charge in [0.05, 0.1) is 81.8 Å². The van der Waals surface area contributed by atoms with Gasteiger partial charge in [-0.1, -0.05) is 73.6 Å². The lowest BCUT2D eigenvalue weighted by atomic mass is 9.82. The number of nitriles is 1. The summed E-state index contributed by atoms with van der Waals surface area (Å²) in [5.41, 5.74) is 0.580. The van der Waals surface area contributed by atoms with Crippen molar-refractivity contribution in [2.75, 3.05) is 85.8 Å². The Hall–Kier alpha value is -6.72. The minimum absolute atomic E-state index is 0.00351. The molecule has 3 saturated heterocycles. The second-order valence-electron chi connectivity index (χ2n) is 31.5. The van der Waals surface area contributed by atoms with Crippen LogP contribution in [0.5, 0.6) is 17.2 Å². The van der Waals surface area contributed by atoms with Crippen LogP contribution in [0.15, 0.2) is 12.1 Å². The Labute approximate surface area is 690 Å². The molecule has 660 valence electrons. The van der Waals surface area contributed by atoms with Gasteiger partial charge in [0.15, 0.2) is 30.4 Å². The van der Waals surface area contributed by atoms with Crippen molar-refractivity contribution in [1.82, 2.24) is 31.3 Å². The number of hydrogen-bond acceptors (Lipinski definition) is 26. The van der Waals surface area contributed by atoms with Gasteiger partial charge in [-0.15, -0.1) is 0 Å². The van der Waals surface area contributed by atoms with E-state index in [0.29, 0.717) is 115 Å². The van der Waals surface area contributed by atoms with Gasteiger partial charge in [0.25, 0.3) is 8.53 Å². The highest BCUT2D eigenvalue weighted by atomic mass is 31.2. The molecule has 32 heteroatoms. The SMILES string of the molecule is CC(=O)NC1C(OCCCCCC(=O)CCCOc2c(OCCNC(=O)CCCCCOC3OC(COC(C)=O)C(C)C(C)C3NC(C)=O)cc(CC(=O)CCCCCCOP(OCCC#N)N(C(C)C)C(C)C)cc2OCCNC(=O)CCCCCOC2OC(COC(C)=O)C(C)C(C)C2NC(C)=O)OC(COC(C)=O)C(C)C1C. The summed E-state index contributed by atoms with van der Waals surface area (Å²) in [5, 5.41) is 23.9. The molecule has 116 heavy (non-hydrogen) atoms. The smallest absolute Gasteiger partial charge is 0.302 e. The van der Waals surface area contributed by atoms with Crippen molar-refractivity contribution < 1.29 is 114 Å². The average molecular weight is 1660 g/mol. The highest BCUT2D eigenvalue weighted by molar-refractivity contribution is 7.44. The van der Waals surface area contributed by atoms with Crippen LogP contribution in [-0.4, -0.2) is 217 Å². The zero-order valence-corrected chi connectivity index (χ0v) is 73.0. The van der Waals surface area contributed by atoms with Gasteiger partial charge in [0.1, 0.15) is 44.6 Å². The third kappa shape index (κ3) is 39.4. The molecule has 3 fully saturated rings. The van der Waals surface area contributed by atoms with E-state index >= 15 is 0 Å². The third-order valence-electron chi connectivity index (χ3n) is 21.2. The molecular formula is C84H140N7O24P. The van der Waals surface area contributed by atoms with Gasteiger partial charge in [0.2, 0.25) is 35.3 Å². The van der Waals surface area contributed by atoms with E-state index in [4.69, 9.17) is 71.2 Å². The van der Waals surface area contributed by atoms with Crippen LogP contribution in [0.3, 0.4) is 0 Å². The largest absolute Gasteiger partial charge is 0.488 e. The van der Waals surface area contributed by atoms with Gasteiger partial charge >= 0.3 is 17.9 Å². The first kappa shape index (κ1) is 102. The number of hydrogen-bond donors (Lipinski definition) is 5. The summed E-state index contributed by atoms with van der Waals surface area (Å²) < 4.78 is 87.0. The van der Waals surface area contributed by atoms with Crippen LogP contribution in [0.2, 0.25) is 0 Å². The molecule has 1 aromatic rings. The fourth-order valence-electron chi connectivity index (χ4n) is 14.2. The first-order valence-corrected chi connectivity index (χ1v) is 43.3. The predicted octanol–water partition coefficient (Wildman–Crippen LogP) is 10.7. The van der Waals surface area contributed by atoms with E-state index in [1.807, 2.05) is 41.5 Å². The maximum atomic E-state index is 13.9. The summed E-state index contributed by atoms with van der Waals surface area (Å²) in [5.74, 6) is -1.85. The molecule has 5 amide bonds. The summed E-state index contributed by atoms with van der Waals surface area (Å²) in [6.45, 7) is 30.8. The average Bonchev–Trinajstić information content (AvgIpc) is 0.818. The molecule has 3 heterocycles. The molecule has 0 radical (unpaired) electrons. The second kappa shape index (κ2) is 56.7. The number of nitrogens with zero attached hydrogens (tertiary/aromatic N) is 2. The number of esters is 3. The summed E-state index contributed by atoms with van der Waals surface area (Å²) >= 11 is 0. The van der Waals surface area contributed by atoms with E-state index in [0.717, 1.165) is 19.3 Å². The highest BCUT2D eigenvalue weighted by Gasteiger charge is 2.46. The lowest BCUT2D eigenvalue weighted by molar-refractivity contribution is -0.244. The van der Waals surface area contributed by atoms with Gasteiger partial charge in [-0.05, 0) is 139 Å². The van der Waals surface area contributed by atoms with Gasteiger partial charge in [-0.2, -0.15) is 5.26 Å². The lowest BCUT2D eigenvalue weighted by Gasteiger charge is -2.44. The number of carbonyl (C=O) groups excluding carboxylic acids is 10. The van der Waals surface area contributed by atoms with Crippen molar-refractivity contribution in [3.05, 3.63) is 17.7 Å². The summed E-state index contributed by atoms with van der Waals surface area (Å²) in [7, 11) is -1.37. The number of Topliss-reactive ketones (excluding diaryl/α,β-unsaturated/α-hetero) is 2. The summed E-state index contributed by atoms with van der Waals surface area (Å²) in [4.78, 5) is 126. The van der Waals surface area contributed by atoms with Gasteiger partial charge in [0, 0.05) is 112 Å². The van der Waals surface area contributed by atoms with Gasteiger partial charge in [-0.3, -0.25) is 47.9 Å². The van der Waals surface area contributed by atoms with Crippen molar-refractivity contribution in [2.24, 2.45) is 35.5 Å². The van der Waals surface area contributed by atoms with Gasteiger partial charge < -0.3 is 92.5 Å². The van der Waals surface area contributed by atoms with Crippen LogP contribution in [0.25, 0.3) is 0 Å². The molecule has 0 spiro atoms. The van der Waals surface area contributed by atoms with Gasteiger partial charge in [-0.25, -0.2) is 4.67 Å². The number of benzene rings is 1. The second-order valence-corrected chi connectivity index (χ2v) is 32.9. The molecule has 0 aromatic heterocycles. The molecule has 16 atom stereocenters. The third-order valence-corrected chi connectivity index (χ3v) is 23.3. The molecule has 5 N–H and O–H groups in total. The van der Waals surface area contributed by atoms with Crippen LogP contribution >= 0.6 is 8.53 Å². The van der Waals surface area contributed by atoms with E-state index in [9.17, 15) is 47.9 Å². The molecule has 3 aliphatic rings. The zero-order chi connectivity index (χ0) is 85.7. The number of carbonyl (C=O) groups is 10. The molecule has 16 unspecified atom stereocenters. The number of nitrogens with one attached hydrogen (secondary N) is 5. The van der Waals surface area contributed by atoms with E-state index in [-0.39, 0.29) is 197 Å².